The molecule has 0 aromatic heterocycles. The summed E-state index contributed by atoms with van der Waals surface area (Å²) in [7, 11) is 0. The van der Waals surface area contributed by atoms with Crippen molar-refractivity contribution < 1.29 is 14.3 Å². The van der Waals surface area contributed by atoms with Crippen molar-refractivity contribution in [2.75, 3.05) is 26.2 Å². The molecule has 5 nitrogen and oxygen atoms in total. The minimum Gasteiger partial charge on any atom is -0.490 e. The quantitative estimate of drug-likeness (QED) is 0.551. The van der Waals surface area contributed by atoms with Crippen LogP contribution in [0.1, 0.15) is 37.3 Å². The number of nitrogens with zero attached hydrogens (tertiary/aromatic N) is 1. The highest BCUT2D eigenvalue weighted by Gasteiger charge is 2.19. The van der Waals surface area contributed by atoms with Gasteiger partial charge in [-0.25, -0.2) is 0 Å². The third-order valence-corrected chi connectivity index (χ3v) is 5.33. The van der Waals surface area contributed by atoms with Crippen molar-refractivity contribution in [1.82, 2.24) is 10.2 Å². The minimum atomic E-state index is 0.282. The molecule has 29 heavy (non-hydrogen) atoms. The Morgan fingerprint density at radius 1 is 1.10 bits per heavy atom. The zero-order chi connectivity index (χ0) is 20.5. The Balaban J connectivity index is 1.57. The molecule has 2 aromatic rings. The van der Waals surface area contributed by atoms with Gasteiger partial charge < -0.3 is 19.7 Å². The van der Waals surface area contributed by atoms with E-state index in [1.54, 1.807) is 0 Å². The fraction of sp³-hybridized carbons (Fsp3) is 0.435. The Bertz CT molecular complexity index is 812. The molecular formula is C23H29ClN2O3. The molecule has 0 saturated carbocycles. The van der Waals surface area contributed by atoms with Gasteiger partial charge in [-0.1, -0.05) is 41.9 Å². The van der Waals surface area contributed by atoms with Crippen molar-refractivity contribution in [3.05, 3.63) is 58.6 Å². The lowest BCUT2D eigenvalue weighted by atomic mass is 10.1. The molecule has 0 bridgehead atoms. The number of benzene rings is 2. The molecule has 1 saturated heterocycles. The first-order valence-electron chi connectivity index (χ1n) is 10.3. The molecule has 2 aromatic carbocycles. The van der Waals surface area contributed by atoms with Gasteiger partial charge in [0.15, 0.2) is 11.5 Å². The van der Waals surface area contributed by atoms with Crippen molar-refractivity contribution in [3.63, 3.8) is 0 Å². The molecule has 0 atom stereocenters. The first kappa shape index (κ1) is 21.5. The molecule has 1 amide bonds. The average Bonchev–Trinajstić information content (AvgIpc) is 3.13. The molecular weight excluding hydrogens is 388 g/mol. The molecule has 1 N–H and O–H groups in total. The minimum absolute atomic E-state index is 0.282. The summed E-state index contributed by atoms with van der Waals surface area (Å²) in [6.45, 7) is 6.15. The Morgan fingerprint density at radius 3 is 2.69 bits per heavy atom. The summed E-state index contributed by atoms with van der Waals surface area (Å²) < 4.78 is 11.9. The molecule has 0 unspecified atom stereocenters. The van der Waals surface area contributed by atoms with Crippen molar-refractivity contribution in [1.29, 1.82) is 0 Å². The van der Waals surface area contributed by atoms with Crippen LogP contribution in [0, 0.1) is 0 Å². The van der Waals surface area contributed by atoms with Gasteiger partial charge in [0, 0.05) is 42.2 Å². The van der Waals surface area contributed by atoms with Gasteiger partial charge in [0.05, 0.1) is 6.61 Å². The van der Waals surface area contributed by atoms with E-state index in [1.807, 2.05) is 54.3 Å². The first-order chi connectivity index (χ1) is 14.2. The van der Waals surface area contributed by atoms with Gasteiger partial charge in [0.25, 0.3) is 0 Å². The third-order valence-electron chi connectivity index (χ3n) is 4.96. The lowest BCUT2D eigenvalue weighted by Crippen LogP contribution is -2.28. The van der Waals surface area contributed by atoms with Crippen LogP contribution < -0.4 is 14.8 Å². The van der Waals surface area contributed by atoms with Crippen LogP contribution in [-0.2, 0) is 17.9 Å². The van der Waals surface area contributed by atoms with Gasteiger partial charge >= 0.3 is 0 Å². The highest BCUT2D eigenvalue weighted by atomic mass is 35.5. The second-order valence-electron chi connectivity index (χ2n) is 7.07. The van der Waals surface area contributed by atoms with Crippen molar-refractivity contribution >= 4 is 17.5 Å². The molecule has 0 radical (unpaired) electrons. The predicted molar refractivity (Wildman–Crippen MR) is 116 cm³/mol. The highest BCUT2D eigenvalue weighted by Crippen LogP contribution is 2.32. The number of carbonyl (C=O) groups excluding carboxylic acids is 1. The molecule has 156 valence electrons. The number of hydrogen-bond donors (Lipinski definition) is 1. The number of nitrogens with one attached hydrogen (secondary N) is 1. The average molecular weight is 417 g/mol. The van der Waals surface area contributed by atoms with Gasteiger partial charge in [0.2, 0.25) is 5.91 Å². The lowest BCUT2D eigenvalue weighted by Gasteiger charge is -2.18. The fourth-order valence-corrected chi connectivity index (χ4v) is 3.65. The van der Waals surface area contributed by atoms with E-state index in [9.17, 15) is 4.79 Å². The van der Waals surface area contributed by atoms with E-state index in [-0.39, 0.29) is 5.91 Å². The number of ether oxygens (including phenoxy) is 2. The topological polar surface area (TPSA) is 50.8 Å². The number of amides is 1. The van der Waals surface area contributed by atoms with Gasteiger partial charge in [-0.05, 0) is 38.4 Å². The third kappa shape index (κ3) is 6.12. The van der Waals surface area contributed by atoms with Crippen LogP contribution in [0.5, 0.6) is 11.5 Å². The maximum atomic E-state index is 11.7. The molecule has 0 aliphatic carbocycles. The summed E-state index contributed by atoms with van der Waals surface area (Å²) in [5.74, 6) is 1.77. The largest absolute Gasteiger partial charge is 0.490 e. The lowest BCUT2D eigenvalue weighted by molar-refractivity contribution is -0.127. The van der Waals surface area contributed by atoms with E-state index in [0.717, 1.165) is 55.1 Å². The van der Waals surface area contributed by atoms with Crippen LogP contribution in [0.25, 0.3) is 0 Å². The number of halogens is 1. The summed E-state index contributed by atoms with van der Waals surface area (Å²) in [6.07, 6.45) is 2.62. The second kappa shape index (κ2) is 11.1. The first-order valence-corrected chi connectivity index (χ1v) is 10.7. The van der Waals surface area contributed by atoms with Gasteiger partial charge in [-0.2, -0.15) is 0 Å². The predicted octanol–water partition coefficient (Wildman–Crippen LogP) is 4.42. The normalized spacial score (nSPS) is 13.7. The summed E-state index contributed by atoms with van der Waals surface area (Å²) in [5, 5.41) is 4.15. The maximum Gasteiger partial charge on any atom is 0.222 e. The van der Waals surface area contributed by atoms with E-state index < -0.39 is 0 Å². The summed E-state index contributed by atoms with van der Waals surface area (Å²) >= 11 is 6.26. The molecule has 1 aliphatic rings. The van der Waals surface area contributed by atoms with E-state index in [4.69, 9.17) is 21.1 Å². The van der Waals surface area contributed by atoms with Gasteiger partial charge in [-0.3, -0.25) is 4.79 Å². The van der Waals surface area contributed by atoms with Crippen LogP contribution in [0.3, 0.4) is 0 Å². The molecule has 1 aliphatic heterocycles. The molecule has 3 rings (SSSR count). The zero-order valence-electron chi connectivity index (χ0n) is 17.0. The number of carbonyl (C=O) groups is 1. The highest BCUT2D eigenvalue weighted by molar-refractivity contribution is 6.31. The molecule has 6 heteroatoms. The summed E-state index contributed by atoms with van der Waals surface area (Å²) in [4.78, 5) is 13.6. The van der Waals surface area contributed by atoms with E-state index in [1.165, 1.54) is 0 Å². The second-order valence-corrected chi connectivity index (χ2v) is 7.48. The Labute approximate surface area is 177 Å². The van der Waals surface area contributed by atoms with E-state index in [2.05, 4.69) is 5.32 Å². The maximum absolute atomic E-state index is 11.7. The van der Waals surface area contributed by atoms with Crippen LogP contribution in [-0.4, -0.2) is 37.0 Å². The number of rotatable bonds is 11. The Hall–Kier alpha value is -2.24. The van der Waals surface area contributed by atoms with Crippen LogP contribution >= 0.6 is 11.6 Å². The fourth-order valence-electron chi connectivity index (χ4n) is 3.46. The van der Waals surface area contributed by atoms with E-state index >= 15 is 0 Å². The standard InChI is InChI=1S/C23H29ClN2O3/c1-2-28-21-11-5-9-18(16-25-13-7-15-26-14-6-12-22(26)27)23(21)29-17-19-8-3-4-10-20(19)24/h3-5,8-11,25H,2,6-7,12-17H2,1H3. The SMILES string of the molecule is CCOc1cccc(CNCCCN2CCCC2=O)c1OCc1ccccc1Cl. The van der Waals surface area contributed by atoms with Crippen molar-refractivity contribution in [2.24, 2.45) is 0 Å². The number of hydrogen-bond acceptors (Lipinski definition) is 4. The van der Waals surface area contributed by atoms with Crippen molar-refractivity contribution in [2.45, 2.75) is 39.3 Å². The number of para-hydroxylation sites is 1. The van der Waals surface area contributed by atoms with Gasteiger partial charge in [0.1, 0.15) is 6.61 Å². The molecule has 0 spiro atoms. The number of likely N-dealkylation sites (tertiary alicyclic amines) is 1. The van der Waals surface area contributed by atoms with Crippen LogP contribution in [0.4, 0.5) is 0 Å². The molecule has 1 heterocycles. The Morgan fingerprint density at radius 2 is 1.93 bits per heavy atom. The smallest absolute Gasteiger partial charge is 0.222 e. The van der Waals surface area contributed by atoms with Crippen LogP contribution in [0.15, 0.2) is 42.5 Å². The monoisotopic (exact) mass is 416 g/mol. The van der Waals surface area contributed by atoms with Gasteiger partial charge in [-0.15, -0.1) is 0 Å². The van der Waals surface area contributed by atoms with E-state index in [0.29, 0.717) is 31.2 Å². The summed E-state index contributed by atoms with van der Waals surface area (Å²) in [5.41, 5.74) is 1.98. The van der Waals surface area contributed by atoms with Crippen LogP contribution in [0.2, 0.25) is 5.02 Å². The summed E-state index contributed by atoms with van der Waals surface area (Å²) in [6, 6.07) is 13.6. The molecule has 1 fully saturated rings. The zero-order valence-corrected chi connectivity index (χ0v) is 17.7. The Kier molecular flexibility index (Phi) is 8.20. The van der Waals surface area contributed by atoms with Crippen molar-refractivity contribution in [3.8, 4) is 11.5 Å².